The summed E-state index contributed by atoms with van der Waals surface area (Å²) >= 11 is 0. The summed E-state index contributed by atoms with van der Waals surface area (Å²) in [5.41, 5.74) is 6.76. The number of aromatic nitrogens is 1. The molecule has 1 heterocycles. The number of fused-ring (bicyclic) bond motifs is 6. The Balaban J connectivity index is 1.23. The Morgan fingerprint density at radius 3 is 1.89 bits per heavy atom. The van der Waals surface area contributed by atoms with Crippen molar-refractivity contribution in [2.24, 2.45) is 0 Å². The van der Waals surface area contributed by atoms with Gasteiger partial charge in [-0.3, -0.25) is 0 Å². The fourth-order valence-corrected chi connectivity index (χ4v) is 7.69. The van der Waals surface area contributed by atoms with Crippen molar-refractivity contribution in [3.8, 4) is 39.1 Å². The topological polar surface area (TPSA) is 8.17 Å². The number of benzene rings is 8. The molecule has 53 heavy (non-hydrogen) atoms. The van der Waals surface area contributed by atoms with E-state index in [1.54, 1.807) is 35.2 Å². The molecule has 2 heteroatoms. The molecule has 10 rings (SSSR count). The molecule has 8 aromatic carbocycles. The molecular weight excluding hydrogens is 641 g/mol. The first-order valence-electron chi connectivity index (χ1n) is 23.0. The number of rotatable bonds is 6. The second kappa shape index (κ2) is 12.3. The Bertz CT molecular complexity index is 3390. The van der Waals surface area contributed by atoms with Crippen LogP contribution in [0.5, 0.6) is 0 Å². The van der Waals surface area contributed by atoms with E-state index in [1.165, 1.54) is 10.1 Å². The highest BCUT2D eigenvalue weighted by Crippen LogP contribution is 2.50. The lowest BCUT2D eigenvalue weighted by Gasteiger charge is -2.28. The standard InChI is InChI=1S/C51H38N2/c1-51(2)47-19-11-9-17-43(47)44-31-30-42(34-48(44)51)52(40-26-21-36(22-27-40)35-13-5-3-6-14-35)41-28-23-37(24-29-41)38-25-32-50-46(33-38)45-18-10-12-20-49(45)53(50)39-15-7-4-8-16-39/h3-34H,1-2H3/i10D,12D,18D,20D,23D,24D,25D,28D,29D,32D,33D. The molecule has 0 aliphatic heterocycles. The quantitative estimate of drug-likeness (QED) is 0.169. The van der Waals surface area contributed by atoms with Gasteiger partial charge in [0.15, 0.2) is 0 Å². The number of para-hydroxylation sites is 2. The molecule has 0 saturated carbocycles. The van der Waals surface area contributed by atoms with Gasteiger partial charge in [-0.25, -0.2) is 0 Å². The maximum atomic E-state index is 9.69. The zero-order valence-electron chi connectivity index (χ0n) is 40.0. The summed E-state index contributed by atoms with van der Waals surface area (Å²) in [6.45, 7) is 4.31. The molecular formula is C51H38N2. The highest BCUT2D eigenvalue weighted by Gasteiger charge is 2.35. The summed E-state index contributed by atoms with van der Waals surface area (Å²) in [5, 5.41) is -0.118. The molecule has 0 amide bonds. The first-order valence-corrected chi connectivity index (χ1v) is 17.5. The maximum Gasteiger partial charge on any atom is 0.0645 e. The van der Waals surface area contributed by atoms with Gasteiger partial charge in [0.1, 0.15) is 0 Å². The van der Waals surface area contributed by atoms with Gasteiger partial charge in [-0.15, -0.1) is 0 Å². The van der Waals surface area contributed by atoms with Crippen molar-refractivity contribution in [3.63, 3.8) is 0 Å². The minimum absolute atomic E-state index is 0.00867. The zero-order chi connectivity index (χ0) is 45.1. The molecule has 0 unspecified atom stereocenters. The summed E-state index contributed by atoms with van der Waals surface area (Å²) in [4.78, 5) is 1.71. The number of anilines is 3. The Morgan fingerprint density at radius 1 is 0.472 bits per heavy atom. The Hall–Kier alpha value is -6.64. The van der Waals surface area contributed by atoms with Crippen molar-refractivity contribution in [2.45, 2.75) is 19.3 Å². The fraction of sp³-hybridized carbons (Fsp3) is 0.0588. The van der Waals surface area contributed by atoms with E-state index < -0.39 is 71.9 Å². The summed E-state index contributed by atoms with van der Waals surface area (Å²) in [7, 11) is 0. The van der Waals surface area contributed by atoms with Crippen molar-refractivity contribution < 1.29 is 15.1 Å². The Morgan fingerprint density at radius 2 is 1.09 bits per heavy atom. The van der Waals surface area contributed by atoms with Crippen molar-refractivity contribution >= 4 is 38.9 Å². The lowest BCUT2D eigenvalue weighted by Crippen LogP contribution is -2.16. The van der Waals surface area contributed by atoms with Crippen molar-refractivity contribution in [2.75, 3.05) is 4.90 Å². The van der Waals surface area contributed by atoms with Gasteiger partial charge in [-0.05, 0) is 111 Å². The average molecular weight is 690 g/mol. The van der Waals surface area contributed by atoms with Gasteiger partial charge in [0, 0.05) is 38.9 Å². The van der Waals surface area contributed by atoms with Crippen molar-refractivity contribution in [3.05, 3.63) is 205 Å². The first kappa shape index (κ1) is 21.7. The highest BCUT2D eigenvalue weighted by molar-refractivity contribution is 6.10. The first-order chi connectivity index (χ1) is 30.6. The van der Waals surface area contributed by atoms with Gasteiger partial charge in [-0.2, -0.15) is 0 Å². The third-order valence-electron chi connectivity index (χ3n) is 10.3. The van der Waals surface area contributed by atoms with Crippen LogP contribution in [0.4, 0.5) is 17.1 Å². The molecule has 0 bridgehead atoms. The van der Waals surface area contributed by atoms with Gasteiger partial charge in [-0.1, -0.05) is 141 Å². The van der Waals surface area contributed by atoms with Gasteiger partial charge in [0.25, 0.3) is 0 Å². The Labute approximate surface area is 326 Å². The van der Waals surface area contributed by atoms with Crippen LogP contribution in [0.2, 0.25) is 0 Å². The second-order valence-corrected chi connectivity index (χ2v) is 13.7. The number of hydrogen-bond acceptors (Lipinski definition) is 1. The van der Waals surface area contributed by atoms with Crippen LogP contribution in [0.3, 0.4) is 0 Å². The molecule has 252 valence electrons. The van der Waals surface area contributed by atoms with E-state index in [9.17, 15) is 9.60 Å². The van der Waals surface area contributed by atoms with Crippen LogP contribution < -0.4 is 4.90 Å². The summed E-state index contributed by atoms with van der Waals surface area (Å²) in [6.07, 6.45) is 0. The zero-order valence-corrected chi connectivity index (χ0v) is 29.0. The number of nitrogens with zero attached hydrogens (tertiary/aromatic N) is 2. The number of hydrogen-bond donors (Lipinski definition) is 0. The minimum atomic E-state index is -0.546. The van der Waals surface area contributed by atoms with E-state index in [0.29, 0.717) is 17.1 Å². The maximum absolute atomic E-state index is 9.69. The highest BCUT2D eigenvalue weighted by atomic mass is 15.1. The monoisotopic (exact) mass is 689 g/mol. The lowest BCUT2D eigenvalue weighted by molar-refractivity contribution is 0.660. The normalized spacial score (nSPS) is 15.8. The van der Waals surface area contributed by atoms with Crippen LogP contribution >= 0.6 is 0 Å². The molecule has 0 spiro atoms. The summed E-state index contributed by atoms with van der Waals surface area (Å²) < 4.78 is 104. The molecule has 0 N–H and O–H groups in total. The summed E-state index contributed by atoms with van der Waals surface area (Å²) in [5.74, 6) is 0. The van der Waals surface area contributed by atoms with Crippen LogP contribution in [-0.2, 0) is 5.41 Å². The molecule has 0 radical (unpaired) electrons. The van der Waals surface area contributed by atoms with Gasteiger partial charge < -0.3 is 9.47 Å². The van der Waals surface area contributed by atoms with E-state index in [1.807, 2.05) is 84.9 Å². The minimum Gasteiger partial charge on any atom is -0.310 e. The molecule has 2 nitrogen and oxygen atoms in total. The van der Waals surface area contributed by atoms with E-state index in [0.717, 1.165) is 27.8 Å². The van der Waals surface area contributed by atoms with Crippen molar-refractivity contribution in [1.82, 2.24) is 4.57 Å². The van der Waals surface area contributed by atoms with E-state index >= 15 is 0 Å². The predicted molar refractivity (Wildman–Crippen MR) is 224 cm³/mol. The fourth-order valence-electron chi connectivity index (χ4n) is 7.69. The second-order valence-electron chi connectivity index (χ2n) is 13.7. The lowest BCUT2D eigenvalue weighted by atomic mass is 9.82. The van der Waals surface area contributed by atoms with Crippen molar-refractivity contribution in [1.29, 1.82) is 0 Å². The van der Waals surface area contributed by atoms with Crippen LogP contribution in [0.15, 0.2) is 194 Å². The Kier molecular flexibility index (Phi) is 5.01. The summed E-state index contributed by atoms with van der Waals surface area (Å²) in [6, 6.07) is 35.1. The van der Waals surface area contributed by atoms with Crippen LogP contribution in [-0.4, -0.2) is 4.57 Å². The van der Waals surface area contributed by atoms with E-state index in [2.05, 4.69) is 26.0 Å². The molecule has 0 atom stereocenters. The van der Waals surface area contributed by atoms with Gasteiger partial charge in [0.2, 0.25) is 0 Å². The largest absolute Gasteiger partial charge is 0.310 e. The molecule has 9 aromatic rings. The van der Waals surface area contributed by atoms with Crippen LogP contribution in [0, 0.1) is 0 Å². The molecule has 1 aliphatic carbocycles. The SMILES string of the molecule is [2H]c1c([2H])c(N(c2ccc(-c3ccccc3)cc2)c2ccc3c(c2)C(C)(C)c2ccccc2-3)c([2H])c([2H])c1-c1c([2H])c([2H])c2c(c1[2H])c1c([2H])c([2H])c([2H])c([2H])c1n2-c1ccccc1. The average Bonchev–Trinajstić information content (AvgIpc) is 3.79. The van der Waals surface area contributed by atoms with Crippen LogP contribution in [0.1, 0.15) is 40.1 Å². The van der Waals surface area contributed by atoms with Gasteiger partial charge >= 0.3 is 0 Å². The van der Waals surface area contributed by atoms with E-state index in [4.69, 9.17) is 5.48 Å². The van der Waals surface area contributed by atoms with Gasteiger partial charge in [0.05, 0.1) is 26.1 Å². The predicted octanol–water partition coefficient (Wildman–Crippen LogP) is 13.9. The van der Waals surface area contributed by atoms with Crippen LogP contribution in [0.25, 0.3) is 60.9 Å². The smallest absolute Gasteiger partial charge is 0.0645 e. The third-order valence-corrected chi connectivity index (χ3v) is 10.3. The van der Waals surface area contributed by atoms with E-state index in [-0.39, 0.29) is 38.6 Å². The molecule has 0 fully saturated rings. The molecule has 0 saturated heterocycles. The molecule has 1 aromatic heterocycles. The molecule has 1 aliphatic rings. The third kappa shape index (κ3) is 5.10.